The van der Waals surface area contributed by atoms with E-state index in [2.05, 4.69) is 10.6 Å². The van der Waals surface area contributed by atoms with Crippen molar-refractivity contribution in [1.82, 2.24) is 5.32 Å². The van der Waals surface area contributed by atoms with E-state index < -0.39 is 0 Å². The number of urea groups is 1. The van der Waals surface area contributed by atoms with Gasteiger partial charge < -0.3 is 20.1 Å². The van der Waals surface area contributed by atoms with Crippen LogP contribution in [0.3, 0.4) is 0 Å². The second-order valence-corrected chi connectivity index (χ2v) is 4.24. The van der Waals surface area contributed by atoms with E-state index in [1.165, 1.54) is 0 Å². The summed E-state index contributed by atoms with van der Waals surface area (Å²) in [4.78, 5) is 11.6. The van der Waals surface area contributed by atoms with Gasteiger partial charge in [0.1, 0.15) is 5.75 Å². The summed E-state index contributed by atoms with van der Waals surface area (Å²) in [5.74, 6) is 0.800. The molecule has 0 aromatic heterocycles. The summed E-state index contributed by atoms with van der Waals surface area (Å²) < 4.78 is 10.6. The van der Waals surface area contributed by atoms with E-state index in [1.54, 1.807) is 0 Å². The molecule has 2 N–H and O–H groups in total. The van der Waals surface area contributed by atoms with Crippen LogP contribution in [0, 0.1) is 0 Å². The number of benzene rings is 1. The van der Waals surface area contributed by atoms with Crippen molar-refractivity contribution in [3.8, 4) is 5.75 Å². The zero-order valence-corrected chi connectivity index (χ0v) is 12.3. The second-order valence-electron chi connectivity index (χ2n) is 4.24. The second kappa shape index (κ2) is 10.1. The number of amides is 2. The van der Waals surface area contributed by atoms with Gasteiger partial charge in [-0.15, -0.1) is 0 Å². The summed E-state index contributed by atoms with van der Waals surface area (Å²) in [6.07, 6.45) is 1.87. The van der Waals surface area contributed by atoms with Gasteiger partial charge in [-0.05, 0) is 51.0 Å². The summed E-state index contributed by atoms with van der Waals surface area (Å²) >= 11 is 0. The molecular formula is C15H24N2O3. The molecule has 112 valence electrons. The first kappa shape index (κ1) is 16.3. The molecule has 0 atom stereocenters. The van der Waals surface area contributed by atoms with E-state index in [9.17, 15) is 4.79 Å². The quantitative estimate of drug-likeness (QED) is 0.684. The Bertz CT molecular complexity index is 379. The van der Waals surface area contributed by atoms with E-state index in [4.69, 9.17) is 9.47 Å². The molecule has 0 aliphatic heterocycles. The highest BCUT2D eigenvalue weighted by molar-refractivity contribution is 5.89. The van der Waals surface area contributed by atoms with Crippen molar-refractivity contribution in [3.63, 3.8) is 0 Å². The van der Waals surface area contributed by atoms with Gasteiger partial charge in [0, 0.05) is 25.4 Å². The molecule has 2 amide bonds. The number of unbranched alkanes of at least 4 members (excludes halogenated alkanes) is 1. The Hall–Kier alpha value is -1.75. The van der Waals surface area contributed by atoms with Crippen molar-refractivity contribution in [1.29, 1.82) is 0 Å². The Balaban J connectivity index is 2.18. The van der Waals surface area contributed by atoms with Crippen LogP contribution in [-0.4, -0.2) is 32.4 Å². The first-order chi connectivity index (χ1) is 9.76. The van der Waals surface area contributed by atoms with Crippen LogP contribution in [0.25, 0.3) is 0 Å². The number of hydrogen-bond donors (Lipinski definition) is 2. The van der Waals surface area contributed by atoms with E-state index in [-0.39, 0.29) is 6.03 Å². The van der Waals surface area contributed by atoms with Gasteiger partial charge in [-0.1, -0.05) is 0 Å². The lowest BCUT2D eigenvalue weighted by Crippen LogP contribution is -2.29. The molecule has 20 heavy (non-hydrogen) atoms. The molecule has 1 rings (SSSR count). The first-order valence-corrected chi connectivity index (χ1v) is 7.11. The van der Waals surface area contributed by atoms with Crippen LogP contribution in [0.2, 0.25) is 0 Å². The van der Waals surface area contributed by atoms with Crippen LogP contribution in [0.4, 0.5) is 10.5 Å². The maximum Gasteiger partial charge on any atom is 0.319 e. The van der Waals surface area contributed by atoms with Crippen LogP contribution in [0.1, 0.15) is 26.7 Å². The maximum absolute atomic E-state index is 11.6. The van der Waals surface area contributed by atoms with Crippen molar-refractivity contribution in [2.24, 2.45) is 0 Å². The van der Waals surface area contributed by atoms with Crippen molar-refractivity contribution in [3.05, 3.63) is 24.3 Å². The molecule has 0 heterocycles. The SMILES string of the molecule is CCOCCCCNC(=O)Nc1ccc(OCC)cc1. The molecule has 1 aromatic rings. The van der Waals surface area contributed by atoms with E-state index >= 15 is 0 Å². The highest BCUT2D eigenvalue weighted by Crippen LogP contribution is 2.15. The molecule has 0 bridgehead atoms. The standard InChI is InChI=1S/C15H24N2O3/c1-3-19-12-6-5-11-16-15(18)17-13-7-9-14(10-8-13)20-4-2/h7-10H,3-6,11-12H2,1-2H3,(H2,16,17,18). The van der Waals surface area contributed by atoms with Crippen LogP contribution in [0.5, 0.6) is 5.75 Å². The average molecular weight is 280 g/mol. The molecule has 0 radical (unpaired) electrons. The molecule has 0 spiro atoms. The molecule has 1 aromatic carbocycles. The third-order valence-electron chi connectivity index (χ3n) is 2.63. The minimum absolute atomic E-state index is 0.189. The predicted octanol–water partition coefficient (Wildman–Crippen LogP) is 3.02. The number of carbonyl (C=O) groups is 1. The Morgan fingerprint density at radius 3 is 2.50 bits per heavy atom. The van der Waals surface area contributed by atoms with Crippen molar-refractivity contribution in [2.75, 3.05) is 31.7 Å². The topological polar surface area (TPSA) is 59.6 Å². The fourth-order valence-corrected chi connectivity index (χ4v) is 1.65. The predicted molar refractivity (Wildman–Crippen MR) is 80.4 cm³/mol. The lowest BCUT2D eigenvalue weighted by molar-refractivity contribution is 0.143. The van der Waals surface area contributed by atoms with Gasteiger partial charge in [0.15, 0.2) is 0 Å². The third-order valence-corrected chi connectivity index (χ3v) is 2.63. The van der Waals surface area contributed by atoms with Crippen LogP contribution in [0.15, 0.2) is 24.3 Å². The Morgan fingerprint density at radius 2 is 1.85 bits per heavy atom. The summed E-state index contributed by atoms with van der Waals surface area (Å²) in [5, 5.41) is 5.59. The molecule has 5 heteroatoms. The normalized spacial score (nSPS) is 10.1. The summed E-state index contributed by atoms with van der Waals surface area (Å²) in [5.41, 5.74) is 0.750. The van der Waals surface area contributed by atoms with Crippen molar-refractivity contribution in [2.45, 2.75) is 26.7 Å². The number of hydrogen-bond acceptors (Lipinski definition) is 3. The van der Waals surface area contributed by atoms with Gasteiger partial charge in [-0.2, -0.15) is 0 Å². The lowest BCUT2D eigenvalue weighted by atomic mass is 10.3. The molecule has 0 saturated carbocycles. The van der Waals surface area contributed by atoms with Crippen LogP contribution in [-0.2, 0) is 4.74 Å². The van der Waals surface area contributed by atoms with Crippen LogP contribution >= 0.6 is 0 Å². The Labute approximate surface area is 120 Å². The number of carbonyl (C=O) groups excluding carboxylic acids is 1. The molecule has 0 aliphatic carbocycles. The lowest BCUT2D eigenvalue weighted by Gasteiger charge is -2.08. The van der Waals surface area contributed by atoms with Gasteiger partial charge in [-0.3, -0.25) is 0 Å². The zero-order valence-electron chi connectivity index (χ0n) is 12.3. The Kier molecular flexibility index (Phi) is 8.22. The van der Waals surface area contributed by atoms with E-state index in [1.807, 2.05) is 38.1 Å². The summed E-state index contributed by atoms with van der Waals surface area (Å²) in [6.45, 7) is 6.68. The largest absolute Gasteiger partial charge is 0.494 e. The van der Waals surface area contributed by atoms with Crippen molar-refractivity contribution < 1.29 is 14.3 Å². The maximum atomic E-state index is 11.6. The summed E-state index contributed by atoms with van der Waals surface area (Å²) in [6, 6.07) is 7.12. The Morgan fingerprint density at radius 1 is 1.10 bits per heavy atom. The minimum atomic E-state index is -0.189. The van der Waals surface area contributed by atoms with E-state index in [0.29, 0.717) is 13.2 Å². The number of rotatable bonds is 9. The first-order valence-electron chi connectivity index (χ1n) is 7.11. The molecule has 5 nitrogen and oxygen atoms in total. The highest BCUT2D eigenvalue weighted by Gasteiger charge is 2.01. The monoisotopic (exact) mass is 280 g/mol. The van der Waals surface area contributed by atoms with Gasteiger partial charge in [-0.25, -0.2) is 4.79 Å². The average Bonchev–Trinajstić information content (AvgIpc) is 2.45. The molecular weight excluding hydrogens is 256 g/mol. The van der Waals surface area contributed by atoms with Crippen LogP contribution < -0.4 is 15.4 Å². The minimum Gasteiger partial charge on any atom is -0.494 e. The molecule has 0 saturated heterocycles. The molecule has 0 fully saturated rings. The van der Waals surface area contributed by atoms with Crippen molar-refractivity contribution >= 4 is 11.7 Å². The third kappa shape index (κ3) is 6.99. The fraction of sp³-hybridized carbons (Fsp3) is 0.533. The number of anilines is 1. The van der Waals surface area contributed by atoms with E-state index in [0.717, 1.165) is 37.5 Å². The van der Waals surface area contributed by atoms with Gasteiger partial charge in [0.25, 0.3) is 0 Å². The zero-order chi connectivity index (χ0) is 14.6. The molecule has 0 unspecified atom stereocenters. The smallest absolute Gasteiger partial charge is 0.319 e. The fourth-order valence-electron chi connectivity index (χ4n) is 1.65. The van der Waals surface area contributed by atoms with Gasteiger partial charge in [0.2, 0.25) is 0 Å². The molecule has 0 aliphatic rings. The van der Waals surface area contributed by atoms with Gasteiger partial charge >= 0.3 is 6.03 Å². The number of nitrogens with one attached hydrogen (secondary N) is 2. The number of ether oxygens (including phenoxy) is 2. The summed E-state index contributed by atoms with van der Waals surface area (Å²) in [7, 11) is 0. The highest BCUT2D eigenvalue weighted by atomic mass is 16.5. The van der Waals surface area contributed by atoms with Gasteiger partial charge in [0.05, 0.1) is 6.61 Å².